The first-order valence-corrected chi connectivity index (χ1v) is 11.5. The van der Waals surface area contributed by atoms with Crippen molar-refractivity contribution in [1.82, 2.24) is 0 Å². The normalized spacial score (nSPS) is 17.0. The van der Waals surface area contributed by atoms with Gasteiger partial charge in [-0.1, -0.05) is 121 Å². The largest absolute Gasteiger partial charge is 0.456 e. The first kappa shape index (κ1) is 21.9. The number of esters is 1. The summed E-state index contributed by atoms with van der Waals surface area (Å²) in [6.45, 7) is 0.274. The van der Waals surface area contributed by atoms with Crippen molar-refractivity contribution in [3.63, 3.8) is 0 Å². The molecule has 1 aliphatic rings. The van der Waals surface area contributed by atoms with E-state index in [1.807, 2.05) is 91.0 Å². The van der Waals surface area contributed by atoms with Gasteiger partial charge in [0.15, 0.2) is 0 Å². The Morgan fingerprint density at radius 3 is 1.62 bits per heavy atom. The van der Waals surface area contributed by atoms with Gasteiger partial charge in [0.05, 0.1) is 6.61 Å². The van der Waals surface area contributed by atoms with E-state index in [1.54, 1.807) is 0 Å². The Morgan fingerprint density at radius 2 is 1.15 bits per heavy atom. The quantitative estimate of drug-likeness (QED) is 0.187. The lowest BCUT2D eigenvalue weighted by Crippen LogP contribution is -2.35. The molecule has 168 valence electrons. The lowest BCUT2D eigenvalue weighted by molar-refractivity contribution is -0.143. The van der Waals surface area contributed by atoms with Crippen LogP contribution in [0.3, 0.4) is 0 Å². The molecule has 1 heterocycles. The molecule has 0 aromatic heterocycles. The summed E-state index contributed by atoms with van der Waals surface area (Å²) in [7, 11) is 0. The van der Waals surface area contributed by atoms with Gasteiger partial charge < -0.3 is 9.47 Å². The Hall–Kier alpha value is -3.95. The third-order valence-electron chi connectivity index (χ3n) is 6.15. The summed E-state index contributed by atoms with van der Waals surface area (Å²) in [6.07, 6.45) is 2.07. The highest BCUT2D eigenvalue weighted by molar-refractivity contribution is 5.95. The molecule has 0 N–H and O–H groups in total. The predicted molar refractivity (Wildman–Crippen MR) is 134 cm³/mol. The molecule has 1 aliphatic heterocycles. The molecule has 3 heteroatoms. The number of ether oxygens (including phenoxy) is 2. The van der Waals surface area contributed by atoms with Gasteiger partial charge in [-0.3, -0.25) is 0 Å². The van der Waals surface area contributed by atoms with E-state index in [0.29, 0.717) is 12.0 Å². The van der Waals surface area contributed by atoms with Crippen molar-refractivity contribution in [3.05, 3.63) is 149 Å². The van der Waals surface area contributed by atoms with Gasteiger partial charge in [0.2, 0.25) is 0 Å². The number of carbonyl (C=O) groups excluding carboxylic acids is 1. The maximum atomic E-state index is 12.6. The van der Waals surface area contributed by atoms with Gasteiger partial charge in [0.25, 0.3) is 0 Å². The van der Waals surface area contributed by atoms with Crippen molar-refractivity contribution in [3.8, 4) is 0 Å². The fourth-order valence-corrected chi connectivity index (χ4v) is 4.55. The predicted octanol–water partition coefficient (Wildman–Crippen LogP) is 6.39. The van der Waals surface area contributed by atoms with E-state index >= 15 is 0 Å². The molecular weight excluding hydrogens is 420 g/mol. The molecule has 4 aromatic rings. The van der Waals surface area contributed by atoms with E-state index in [-0.39, 0.29) is 18.7 Å². The molecule has 5 rings (SSSR count). The van der Waals surface area contributed by atoms with Crippen LogP contribution in [0.15, 0.2) is 127 Å². The lowest BCUT2D eigenvalue weighted by atomic mass is 9.80. The second-order valence-electron chi connectivity index (χ2n) is 8.40. The maximum absolute atomic E-state index is 12.6. The molecule has 1 atom stereocenters. The Labute approximate surface area is 200 Å². The summed E-state index contributed by atoms with van der Waals surface area (Å²) < 4.78 is 12.5. The molecular formula is C31H26O3. The topological polar surface area (TPSA) is 35.5 Å². The maximum Gasteiger partial charge on any atom is 0.334 e. The monoisotopic (exact) mass is 446 g/mol. The summed E-state index contributed by atoms with van der Waals surface area (Å²) in [5.41, 5.74) is 3.90. The minimum Gasteiger partial charge on any atom is -0.456 e. The molecule has 1 fully saturated rings. The highest BCUT2D eigenvalue weighted by Gasteiger charge is 2.39. The third-order valence-corrected chi connectivity index (χ3v) is 6.15. The molecule has 0 spiro atoms. The highest BCUT2D eigenvalue weighted by Crippen LogP contribution is 2.41. The average molecular weight is 447 g/mol. The molecule has 0 saturated carbocycles. The van der Waals surface area contributed by atoms with Crippen LogP contribution in [0.4, 0.5) is 0 Å². The van der Waals surface area contributed by atoms with E-state index in [0.717, 1.165) is 22.3 Å². The van der Waals surface area contributed by atoms with Gasteiger partial charge in [0.1, 0.15) is 11.7 Å². The van der Waals surface area contributed by atoms with Crippen LogP contribution < -0.4 is 0 Å². The highest BCUT2D eigenvalue weighted by atomic mass is 16.6. The van der Waals surface area contributed by atoms with E-state index in [1.165, 1.54) is 0 Å². The SMILES string of the molecule is O=C1O[C@H](COC(c2ccccc2)(c2ccccc2)c2ccccc2)C/C1=C/c1ccccc1. The molecule has 34 heavy (non-hydrogen) atoms. The van der Waals surface area contributed by atoms with Crippen LogP contribution in [0.1, 0.15) is 28.7 Å². The second-order valence-corrected chi connectivity index (χ2v) is 8.40. The van der Waals surface area contributed by atoms with Crippen LogP contribution >= 0.6 is 0 Å². The van der Waals surface area contributed by atoms with Crippen LogP contribution in [-0.2, 0) is 19.9 Å². The fourth-order valence-electron chi connectivity index (χ4n) is 4.55. The van der Waals surface area contributed by atoms with Crippen molar-refractivity contribution < 1.29 is 14.3 Å². The zero-order valence-electron chi connectivity index (χ0n) is 18.8. The third kappa shape index (κ3) is 4.43. The summed E-state index contributed by atoms with van der Waals surface area (Å²) in [5, 5.41) is 0. The van der Waals surface area contributed by atoms with Crippen LogP contribution in [0, 0.1) is 0 Å². The average Bonchev–Trinajstić information content (AvgIpc) is 3.26. The molecule has 0 bridgehead atoms. The Balaban J connectivity index is 1.49. The minimum absolute atomic E-state index is 0.274. The summed E-state index contributed by atoms with van der Waals surface area (Å²) >= 11 is 0. The molecule has 0 amide bonds. The Morgan fingerprint density at radius 1 is 0.706 bits per heavy atom. The molecule has 0 unspecified atom stereocenters. The van der Waals surface area contributed by atoms with Gasteiger partial charge in [-0.15, -0.1) is 0 Å². The summed E-state index contributed by atoms with van der Waals surface area (Å²) in [4.78, 5) is 12.6. The van der Waals surface area contributed by atoms with Gasteiger partial charge in [-0.05, 0) is 28.3 Å². The molecule has 3 nitrogen and oxygen atoms in total. The fraction of sp³-hybridized carbons (Fsp3) is 0.129. The first-order chi connectivity index (χ1) is 16.8. The number of benzene rings is 4. The number of cyclic esters (lactones) is 1. The number of rotatable bonds is 7. The van der Waals surface area contributed by atoms with Crippen LogP contribution in [0.5, 0.6) is 0 Å². The summed E-state index contributed by atoms with van der Waals surface area (Å²) in [6, 6.07) is 40.5. The minimum atomic E-state index is -0.831. The van der Waals surface area contributed by atoms with Gasteiger partial charge in [0, 0.05) is 12.0 Å². The molecule has 1 saturated heterocycles. The number of carbonyl (C=O) groups is 1. The van der Waals surface area contributed by atoms with Crippen LogP contribution in [-0.4, -0.2) is 18.7 Å². The first-order valence-electron chi connectivity index (χ1n) is 11.5. The molecule has 0 radical (unpaired) electrons. The van der Waals surface area contributed by atoms with Crippen LogP contribution in [0.2, 0.25) is 0 Å². The van der Waals surface area contributed by atoms with Crippen molar-refractivity contribution >= 4 is 12.0 Å². The zero-order valence-corrected chi connectivity index (χ0v) is 18.8. The van der Waals surface area contributed by atoms with E-state index in [2.05, 4.69) is 36.4 Å². The van der Waals surface area contributed by atoms with E-state index < -0.39 is 5.60 Å². The van der Waals surface area contributed by atoms with Crippen LogP contribution in [0.25, 0.3) is 6.08 Å². The molecule has 4 aromatic carbocycles. The Kier molecular flexibility index (Phi) is 6.37. The van der Waals surface area contributed by atoms with Crippen molar-refractivity contribution in [1.29, 1.82) is 0 Å². The number of hydrogen-bond donors (Lipinski definition) is 0. The second kappa shape index (κ2) is 9.90. The zero-order chi connectivity index (χ0) is 23.2. The smallest absolute Gasteiger partial charge is 0.334 e. The van der Waals surface area contributed by atoms with Crippen molar-refractivity contribution in [2.45, 2.75) is 18.1 Å². The molecule has 0 aliphatic carbocycles. The lowest BCUT2D eigenvalue weighted by Gasteiger charge is -2.36. The van der Waals surface area contributed by atoms with Gasteiger partial charge >= 0.3 is 5.97 Å². The summed E-state index contributed by atoms with van der Waals surface area (Å²) in [5.74, 6) is -0.276. The van der Waals surface area contributed by atoms with E-state index in [9.17, 15) is 4.79 Å². The van der Waals surface area contributed by atoms with Crippen molar-refractivity contribution in [2.75, 3.05) is 6.61 Å². The van der Waals surface area contributed by atoms with Gasteiger partial charge in [-0.2, -0.15) is 0 Å². The van der Waals surface area contributed by atoms with Gasteiger partial charge in [-0.25, -0.2) is 4.79 Å². The Bertz CT molecular complexity index is 1150. The van der Waals surface area contributed by atoms with Crippen molar-refractivity contribution in [2.24, 2.45) is 0 Å². The van der Waals surface area contributed by atoms with E-state index in [4.69, 9.17) is 9.47 Å². The standard InChI is InChI=1S/C31H26O3/c32-30-25(21-24-13-5-1-6-14-24)22-29(34-30)23-33-31(26-15-7-2-8-16-26,27-17-9-3-10-18-27)28-19-11-4-12-20-28/h1-21,29H,22-23H2/b25-21-/t29-/m0/s1. The number of hydrogen-bond acceptors (Lipinski definition) is 3.